The lowest BCUT2D eigenvalue weighted by Crippen LogP contribution is -2.28. The molecule has 164 valence electrons. The normalized spacial score (nSPS) is 12.5. The van der Waals surface area contributed by atoms with Crippen molar-refractivity contribution in [2.24, 2.45) is 0 Å². The van der Waals surface area contributed by atoms with Gasteiger partial charge in [-0.15, -0.1) is 0 Å². The van der Waals surface area contributed by atoms with Gasteiger partial charge in [0.25, 0.3) is 11.8 Å². The molecular weight excluding hydrogens is 400 g/mol. The van der Waals surface area contributed by atoms with Crippen LogP contribution in [-0.2, 0) is 14.3 Å². The Balaban J connectivity index is 1.38. The molecule has 3 rings (SSSR count). The van der Waals surface area contributed by atoms with Gasteiger partial charge < -0.3 is 24.8 Å². The molecule has 1 aliphatic rings. The van der Waals surface area contributed by atoms with Gasteiger partial charge in [0.1, 0.15) is 11.5 Å². The standard InChI is InChI=1S/C23H26N2O6/c1-2-29-17-9-11-18(12-10-17)30-14-13-22(27)31-15-21(26)25-20-6-4-3-5-19(20)23(28)24-16-7-8-16/h3-6,9-12,16H,2,7-8,13-15H2,1H3,(H,24,28)(H,25,26). The molecule has 31 heavy (non-hydrogen) atoms. The Morgan fingerprint density at radius 2 is 1.65 bits per heavy atom. The third-order valence-electron chi connectivity index (χ3n) is 4.43. The second-order valence-electron chi connectivity index (χ2n) is 7.01. The van der Waals surface area contributed by atoms with Crippen molar-refractivity contribution in [1.29, 1.82) is 0 Å². The highest BCUT2D eigenvalue weighted by Crippen LogP contribution is 2.21. The maximum atomic E-state index is 12.3. The van der Waals surface area contributed by atoms with Crippen LogP contribution in [0.5, 0.6) is 11.5 Å². The number of hydrogen-bond acceptors (Lipinski definition) is 6. The molecule has 2 amide bonds. The van der Waals surface area contributed by atoms with Crippen molar-refractivity contribution in [2.45, 2.75) is 32.2 Å². The second kappa shape index (κ2) is 11.0. The third kappa shape index (κ3) is 7.33. The maximum absolute atomic E-state index is 12.3. The van der Waals surface area contributed by atoms with E-state index in [1.165, 1.54) is 0 Å². The van der Waals surface area contributed by atoms with Crippen molar-refractivity contribution < 1.29 is 28.6 Å². The highest BCUT2D eigenvalue weighted by Gasteiger charge is 2.25. The molecule has 1 saturated carbocycles. The number of rotatable bonds is 11. The molecule has 2 aromatic carbocycles. The Morgan fingerprint density at radius 3 is 2.32 bits per heavy atom. The molecule has 2 N–H and O–H groups in total. The van der Waals surface area contributed by atoms with Gasteiger partial charge in [-0.25, -0.2) is 0 Å². The van der Waals surface area contributed by atoms with E-state index in [1.54, 1.807) is 48.5 Å². The van der Waals surface area contributed by atoms with E-state index in [4.69, 9.17) is 14.2 Å². The van der Waals surface area contributed by atoms with Crippen LogP contribution in [0.25, 0.3) is 0 Å². The molecule has 0 radical (unpaired) electrons. The molecule has 0 atom stereocenters. The van der Waals surface area contributed by atoms with Gasteiger partial charge >= 0.3 is 5.97 Å². The zero-order valence-electron chi connectivity index (χ0n) is 17.4. The van der Waals surface area contributed by atoms with Crippen LogP contribution in [-0.4, -0.2) is 43.6 Å². The van der Waals surface area contributed by atoms with Crippen LogP contribution in [0, 0.1) is 0 Å². The zero-order valence-corrected chi connectivity index (χ0v) is 17.4. The summed E-state index contributed by atoms with van der Waals surface area (Å²) < 4.78 is 15.8. The molecule has 1 fully saturated rings. The molecular formula is C23H26N2O6. The molecule has 0 aromatic heterocycles. The molecule has 0 bridgehead atoms. The molecule has 0 heterocycles. The highest BCUT2D eigenvalue weighted by molar-refractivity contribution is 6.04. The van der Waals surface area contributed by atoms with Gasteiger partial charge in [0.05, 0.1) is 30.9 Å². The molecule has 8 heteroatoms. The molecule has 2 aromatic rings. The summed E-state index contributed by atoms with van der Waals surface area (Å²) in [5, 5.41) is 5.50. The average Bonchev–Trinajstić information content (AvgIpc) is 3.58. The van der Waals surface area contributed by atoms with Crippen molar-refractivity contribution in [3.8, 4) is 11.5 Å². The number of hydrogen-bond donors (Lipinski definition) is 2. The first-order valence-electron chi connectivity index (χ1n) is 10.3. The fraction of sp³-hybridized carbons (Fsp3) is 0.348. The van der Waals surface area contributed by atoms with Crippen molar-refractivity contribution in [3.63, 3.8) is 0 Å². The number of carbonyl (C=O) groups excluding carboxylic acids is 3. The Hall–Kier alpha value is -3.55. The first-order valence-corrected chi connectivity index (χ1v) is 10.3. The molecule has 0 unspecified atom stereocenters. The summed E-state index contributed by atoms with van der Waals surface area (Å²) in [4.78, 5) is 36.3. The van der Waals surface area contributed by atoms with Crippen molar-refractivity contribution in [2.75, 3.05) is 25.1 Å². The number of benzene rings is 2. The summed E-state index contributed by atoms with van der Waals surface area (Å²) >= 11 is 0. The number of para-hydroxylation sites is 1. The Labute approximate surface area is 180 Å². The number of nitrogens with one attached hydrogen (secondary N) is 2. The van der Waals surface area contributed by atoms with Crippen LogP contribution < -0.4 is 20.1 Å². The minimum absolute atomic E-state index is 0.000866. The Morgan fingerprint density at radius 1 is 0.968 bits per heavy atom. The van der Waals surface area contributed by atoms with E-state index < -0.39 is 18.5 Å². The summed E-state index contributed by atoms with van der Waals surface area (Å²) in [5.41, 5.74) is 0.748. The third-order valence-corrected chi connectivity index (χ3v) is 4.43. The van der Waals surface area contributed by atoms with Gasteiger partial charge in [0, 0.05) is 6.04 Å². The van der Waals surface area contributed by atoms with Crippen LogP contribution in [0.15, 0.2) is 48.5 Å². The summed E-state index contributed by atoms with van der Waals surface area (Å²) in [6.07, 6.45) is 1.94. The maximum Gasteiger partial charge on any atom is 0.309 e. The fourth-order valence-corrected chi connectivity index (χ4v) is 2.74. The van der Waals surface area contributed by atoms with Crippen molar-refractivity contribution >= 4 is 23.5 Å². The van der Waals surface area contributed by atoms with E-state index in [0.29, 0.717) is 23.6 Å². The lowest BCUT2D eigenvalue weighted by molar-refractivity contribution is -0.147. The molecule has 1 aliphatic carbocycles. The van der Waals surface area contributed by atoms with Gasteiger partial charge in [0.2, 0.25) is 0 Å². The van der Waals surface area contributed by atoms with Crippen LogP contribution in [0.2, 0.25) is 0 Å². The summed E-state index contributed by atoms with van der Waals surface area (Å²) in [6.45, 7) is 2.17. The Bertz CT molecular complexity index is 909. The largest absolute Gasteiger partial charge is 0.494 e. The predicted molar refractivity (Wildman–Crippen MR) is 114 cm³/mol. The topological polar surface area (TPSA) is 103 Å². The first kappa shape index (κ1) is 22.1. The van der Waals surface area contributed by atoms with Crippen LogP contribution in [0.3, 0.4) is 0 Å². The van der Waals surface area contributed by atoms with Gasteiger partial charge in [-0.1, -0.05) is 12.1 Å². The second-order valence-corrected chi connectivity index (χ2v) is 7.01. The van der Waals surface area contributed by atoms with Crippen molar-refractivity contribution in [1.82, 2.24) is 5.32 Å². The predicted octanol–water partition coefficient (Wildman–Crippen LogP) is 2.93. The summed E-state index contributed by atoms with van der Waals surface area (Å²) in [7, 11) is 0. The highest BCUT2D eigenvalue weighted by atomic mass is 16.5. The molecule has 8 nitrogen and oxygen atoms in total. The van der Waals surface area contributed by atoms with E-state index in [2.05, 4.69) is 10.6 Å². The number of anilines is 1. The first-order chi connectivity index (χ1) is 15.0. The van der Waals surface area contributed by atoms with Gasteiger partial charge in [0.15, 0.2) is 6.61 Å². The number of esters is 1. The quantitative estimate of drug-likeness (QED) is 0.536. The van der Waals surface area contributed by atoms with E-state index in [-0.39, 0.29) is 25.0 Å². The molecule has 0 saturated heterocycles. The minimum Gasteiger partial charge on any atom is -0.494 e. The van der Waals surface area contributed by atoms with Crippen molar-refractivity contribution in [3.05, 3.63) is 54.1 Å². The smallest absolute Gasteiger partial charge is 0.309 e. The SMILES string of the molecule is CCOc1ccc(OCCC(=O)OCC(=O)Nc2ccccc2C(=O)NC2CC2)cc1. The summed E-state index contributed by atoms with van der Waals surface area (Å²) in [6, 6.07) is 14.0. The number of ether oxygens (including phenoxy) is 3. The monoisotopic (exact) mass is 426 g/mol. The van der Waals surface area contributed by atoms with Crippen LogP contribution in [0.1, 0.15) is 36.5 Å². The van der Waals surface area contributed by atoms with E-state index in [0.717, 1.165) is 18.6 Å². The van der Waals surface area contributed by atoms with Crippen LogP contribution >= 0.6 is 0 Å². The van der Waals surface area contributed by atoms with E-state index in [9.17, 15) is 14.4 Å². The molecule has 0 aliphatic heterocycles. The summed E-state index contributed by atoms with van der Waals surface area (Å²) in [5.74, 6) is 0.0390. The minimum atomic E-state index is -0.555. The van der Waals surface area contributed by atoms with E-state index >= 15 is 0 Å². The number of carbonyl (C=O) groups is 3. The lowest BCUT2D eigenvalue weighted by Gasteiger charge is -2.11. The Kier molecular flexibility index (Phi) is 7.86. The van der Waals surface area contributed by atoms with Crippen LogP contribution in [0.4, 0.5) is 5.69 Å². The lowest BCUT2D eigenvalue weighted by atomic mass is 10.1. The fourth-order valence-electron chi connectivity index (χ4n) is 2.74. The van der Waals surface area contributed by atoms with E-state index in [1.807, 2.05) is 6.92 Å². The van der Waals surface area contributed by atoms with Gasteiger partial charge in [-0.3, -0.25) is 14.4 Å². The zero-order chi connectivity index (χ0) is 22.1. The number of amides is 2. The average molecular weight is 426 g/mol. The molecule has 0 spiro atoms. The van der Waals surface area contributed by atoms with Gasteiger partial charge in [-0.05, 0) is 56.2 Å². The van der Waals surface area contributed by atoms with Gasteiger partial charge in [-0.2, -0.15) is 0 Å².